The van der Waals surface area contributed by atoms with Gasteiger partial charge in [-0.1, -0.05) is 12.1 Å². The minimum Gasteiger partial charge on any atom is -0.497 e. The van der Waals surface area contributed by atoms with E-state index in [-0.39, 0.29) is 18.2 Å². The van der Waals surface area contributed by atoms with Crippen LogP contribution in [-0.4, -0.2) is 50.1 Å². The van der Waals surface area contributed by atoms with Crippen molar-refractivity contribution in [3.05, 3.63) is 42.0 Å². The predicted molar refractivity (Wildman–Crippen MR) is 105 cm³/mol. The van der Waals surface area contributed by atoms with Gasteiger partial charge in [-0.25, -0.2) is 4.79 Å². The molecule has 8 heteroatoms. The van der Waals surface area contributed by atoms with Gasteiger partial charge >= 0.3 is 6.03 Å². The molecular formula is C20H29N5O3. The van der Waals surface area contributed by atoms with Gasteiger partial charge in [0.2, 0.25) is 0 Å². The minimum absolute atomic E-state index is 0.0960. The van der Waals surface area contributed by atoms with Crippen LogP contribution in [-0.2, 0) is 19.6 Å². The molecule has 1 aliphatic rings. The quantitative estimate of drug-likeness (QED) is 0.761. The zero-order valence-electron chi connectivity index (χ0n) is 16.5. The molecule has 0 spiro atoms. The van der Waals surface area contributed by atoms with Crippen LogP contribution in [0.15, 0.2) is 30.6 Å². The second-order valence-corrected chi connectivity index (χ2v) is 7.13. The van der Waals surface area contributed by atoms with Gasteiger partial charge in [-0.3, -0.25) is 0 Å². The van der Waals surface area contributed by atoms with E-state index in [2.05, 4.69) is 15.5 Å². The highest BCUT2D eigenvalue weighted by molar-refractivity contribution is 5.74. The molecule has 2 N–H and O–H groups in total. The van der Waals surface area contributed by atoms with Crippen molar-refractivity contribution in [2.24, 2.45) is 0 Å². The van der Waals surface area contributed by atoms with Crippen LogP contribution in [0.5, 0.6) is 5.75 Å². The number of carbonyl (C=O) groups is 1. The Morgan fingerprint density at radius 3 is 2.86 bits per heavy atom. The summed E-state index contributed by atoms with van der Waals surface area (Å²) >= 11 is 0. The standard InChI is InChI=1S/C20H29N5O3/c1-3-24-14-22-23-19(24)12-21-20(27)25(16-7-9-17(26)10-8-16)13-15-5-4-6-18(11-15)28-2/h4-6,11,14,16-17,26H,3,7-10,12-13H2,1-2H3,(H,21,27). The molecule has 1 fully saturated rings. The first-order valence-corrected chi connectivity index (χ1v) is 9.82. The van der Waals surface area contributed by atoms with E-state index in [1.54, 1.807) is 13.4 Å². The third kappa shape index (κ3) is 5.01. The van der Waals surface area contributed by atoms with Gasteiger partial charge in [0.25, 0.3) is 0 Å². The Labute approximate surface area is 165 Å². The number of nitrogens with one attached hydrogen (secondary N) is 1. The molecule has 1 aromatic heterocycles. The molecule has 0 unspecified atom stereocenters. The number of aliphatic hydroxyl groups excluding tert-OH is 1. The second-order valence-electron chi connectivity index (χ2n) is 7.13. The monoisotopic (exact) mass is 387 g/mol. The van der Waals surface area contributed by atoms with E-state index >= 15 is 0 Å². The summed E-state index contributed by atoms with van der Waals surface area (Å²) in [5.74, 6) is 1.50. The summed E-state index contributed by atoms with van der Waals surface area (Å²) in [5, 5.41) is 20.8. The Bertz CT molecular complexity index is 771. The van der Waals surface area contributed by atoms with E-state index in [1.807, 2.05) is 40.7 Å². The molecule has 0 saturated heterocycles. The summed E-state index contributed by atoms with van der Waals surface area (Å²) in [6, 6.07) is 7.73. The first kappa shape index (κ1) is 20.1. The van der Waals surface area contributed by atoms with Gasteiger partial charge in [-0.2, -0.15) is 0 Å². The topological polar surface area (TPSA) is 92.5 Å². The molecule has 0 aliphatic heterocycles. The van der Waals surface area contributed by atoms with E-state index in [0.717, 1.165) is 49.4 Å². The molecule has 0 radical (unpaired) electrons. The number of hydrogen-bond acceptors (Lipinski definition) is 5. The molecular weight excluding hydrogens is 358 g/mol. The number of nitrogens with zero attached hydrogens (tertiary/aromatic N) is 4. The SMILES string of the molecule is CCn1cnnc1CNC(=O)N(Cc1cccc(OC)c1)C1CCC(O)CC1. The fourth-order valence-corrected chi connectivity index (χ4v) is 3.64. The molecule has 0 bridgehead atoms. The highest BCUT2D eigenvalue weighted by Gasteiger charge is 2.28. The van der Waals surface area contributed by atoms with E-state index in [4.69, 9.17) is 4.74 Å². The number of benzene rings is 1. The van der Waals surface area contributed by atoms with Gasteiger partial charge in [0, 0.05) is 19.1 Å². The van der Waals surface area contributed by atoms with Crippen molar-refractivity contribution in [3.63, 3.8) is 0 Å². The maximum atomic E-state index is 13.0. The number of methoxy groups -OCH3 is 1. The number of amides is 2. The third-order valence-corrected chi connectivity index (χ3v) is 5.29. The maximum absolute atomic E-state index is 13.0. The fourth-order valence-electron chi connectivity index (χ4n) is 3.64. The van der Waals surface area contributed by atoms with Crippen LogP contribution >= 0.6 is 0 Å². The molecule has 28 heavy (non-hydrogen) atoms. The summed E-state index contributed by atoms with van der Waals surface area (Å²) in [6.45, 7) is 3.59. The van der Waals surface area contributed by atoms with Crippen molar-refractivity contribution in [2.75, 3.05) is 7.11 Å². The Hall–Kier alpha value is -2.61. The number of hydrogen-bond donors (Lipinski definition) is 2. The molecule has 152 valence electrons. The number of aryl methyl sites for hydroxylation is 1. The van der Waals surface area contributed by atoms with Crippen LogP contribution < -0.4 is 10.1 Å². The Balaban J connectivity index is 1.71. The number of aliphatic hydroxyl groups is 1. The van der Waals surface area contributed by atoms with Crippen LogP contribution in [0.2, 0.25) is 0 Å². The van der Waals surface area contributed by atoms with Crippen molar-refractivity contribution in [3.8, 4) is 5.75 Å². The van der Waals surface area contributed by atoms with Crippen LogP contribution in [0.4, 0.5) is 4.79 Å². The largest absolute Gasteiger partial charge is 0.497 e. The van der Waals surface area contributed by atoms with Crippen LogP contribution in [0.1, 0.15) is 44.0 Å². The van der Waals surface area contributed by atoms with Crippen LogP contribution in [0.25, 0.3) is 0 Å². The molecule has 2 amide bonds. The van der Waals surface area contributed by atoms with Gasteiger partial charge in [-0.05, 0) is 50.3 Å². The van der Waals surface area contributed by atoms with Crippen molar-refractivity contribution in [2.45, 2.75) is 64.4 Å². The van der Waals surface area contributed by atoms with Crippen molar-refractivity contribution in [1.82, 2.24) is 25.0 Å². The van der Waals surface area contributed by atoms with E-state index in [9.17, 15) is 9.90 Å². The average Bonchev–Trinajstić information content (AvgIpc) is 3.19. The van der Waals surface area contributed by atoms with Crippen LogP contribution in [0, 0.1) is 0 Å². The number of aromatic nitrogens is 3. The predicted octanol–water partition coefficient (Wildman–Crippen LogP) is 2.32. The van der Waals surface area contributed by atoms with E-state index in [1.165, 1.54) is 0 Å². The zero-order chi connectivity index (χ0) is 19.9. The van der Waals surface area contributed by atoms with E-state index < -0.39 is 0 Å². The summed E-state index contributed by atoms with van der Waals surface area (Å²) in [4.78, 5) is 14.9. The molecule has 1 aliphatic carbocycles. The number of carbonyl (C=O) groups excluding carboxylic acids is 1. The first-order valence-electron chi connectivity index (χ1n) is 9.82. The lowest BCUT2D eigenvalue weighted by atomic mass is 9.92. The van der Waals surface area contributed by atoms with Gasteiger partial charge in [0.05, 0.1) is 19.8 Å². The van der Waals surface area contributed by atoms with Gasteiger partial charge in [0.15, 0.2) is 5.82 Å². The summed E-state index contributed by atoms with van der Waals surface area (Å²) < 4.78 is 7.21. The third-order valence-electron chi connectivity index (χ3n) is 5.29. The Morgan fingerprint density at radius 2 is 2.14 bits per heavy atom. The zero-order valence-corrected chi connectivity index (χ0v) is 16.5. The smallest absolute Gasteiger partial charge is 0.318 e. The van der Waals surface area contributed by atoms with Gasteiger partial charge < -0.3 is 24.6 Å². The lowest BCUT2D eigenvalue weighted by Gasteiger charge is -2.36. The molecule has 2 aromatic rings. The average molecular weight is 387 g/mol. The molecule has 3 rings (SSSR count). The molecule has 1 aromatic carbocycles. The first-order chi connectivity index (χ1) is 13.6. The summed E-state index contributed by atoms with van der Waals surface area (Å²) in [6.07, 6.45) is 4.43. The number of urea groups is 1. The number of rotatable bonds is 7. The maximum Gasteiger partial charge on any atom is 0.318 e. The summed E-state index contributed by atoms with van der Waals surface area (Å²) in [7, 11) is 1.63. The highest BCUT2D eigenvalue weighted by atomic mass is 16.5. The second kappa shape index (κ2) is 9.54. The molecule has 1 heterocycles. The summed E-state index contributed by atoms with van der Waals surface area (Å²) in [5.41, 5.74) is 1.01. The highest BCUT2D eigenvalue weighted by Crippen LogP contribution is 2.25. The lowest BCUT2D eigenvalue weighted by molar-refractivity contribution is 0.0816. The van der Waals surface area contributed by atoms with Gasteiger partial charge in [0.1, 0.15) is 12.1 Å². The Kier molecular flexibility index (Phi) is 6.86. The lowest BCUT2D eigenvalue weighted by Crippen LogP contribution is -2.47. The van der Waals surface area contributed by atoms with Crippen LogP contribution in [0.3, 0.4) is 0 Å². The van der Waals surface area contributed by atoms with Gasteiger partial charge in [-0.15, -0.1) is 10.2 Å². The van der Waals surface area contributed by atoms with Crippen molar-refractivity contribution < 1.29 is 14.6 Å². The van der Waals surface area contributed by atoms with Crippen molar-refractivity contribution in [1.29, 1.82) is 0 Å². The fraction of sp³-hybridized carbons (Fsp3) is 0.550. The molecule has 8 nitrogen and oxygen atoms in total. The Morgan fingerprint density at radius 1 is 1.36 bits per heavy atom. The normalized spacial score (nSPS) is 19.2. The molecule has 0 atom stereocenters. The number of ether oxygens (including phenoxy) is 1. The molecule has 1 saturated carbocycles. The minimum atomic E-state index is -0.263. The van der Waals surface area contributed by atoms with Crippen molar-refractivity contribution >= 4 is 6.03 Å². The van der Waals surface area contributed by atoms with E-state index in [0.29, 0.717) is 13.1 Å².